The molecule has 21 heavy (non-hydrogen) atoms. The molecule has 2 N–H and O–H groups in total. The Morgan fingerprint density at radius 2 is 2.10 bits per heavy atom. The molecule has 0 saturated carbocycles. The van der Waals surface area contributed by atoms with Gasteiger partial charge < -0.3 is 10.3 Å². The molecule has 2 aromatic heterocycles. The number of imidazole rings is 1. The highest BCUT2D eigenvalue weighted by atomic mass is 79.9. The summed E-state index contributed by atoms with van der Waals surface area (Å²) in [6.45, 7) is 7.98. The van der Waals surface area contributed by atoms with Crippen molar-refractivity contribution < 1.29 is 0 Å². The Hall–Kier alpha value is -1.14. The van der Waals surface area contributed by atoms with Crippen molar-refractivity contribution in [2.45, 2.75) is 59.2 Å². The fourth-order valence-corrected chi connectivity index (χ4v) is 3.04. The molecule has 6 heteroatoms. The molecule has 0 aliphatic rings. The van der Waals surface area contributed by atoms with Crippen LogP contribution in [-0.2, 0) is 25.9 Å². The first-order valence-electron chi connectivity index (χ1n) is 7.59. The summed E-state index contributed by atoms with van der Waals surface area (Å²) >= 11 is 3.68. The van der Waals surface area contributed by atoms with E-state index in [1.54, 1.807) is 0 Å². The van der Waals surface area contributed by atoms with Crippen LogP contribution in [0.25, 0.3) is 0 Å². The normalized spacial score (nSPS) is 12.8. The summed E-state index contributed by atoms with van der Waals surface area (Å²) < 4.78 is 5.28. The standard InChI is InChI=1S/C15H24BrN5/c1-4-11(17)7-12-8-20(10-18-12)9-14-15(16)13(5-2)19-21(14)6-3/h8,10-11H,4-7,9,17H2,1-3H3. The van der Waals surface area contributed by atoms with Gasteiger partial charge in [0.15, 0.2) is 0 Å². The second-order valence-corrected chi connectivity index (χ2v) is 6.08. The average molecular weight is 354 g/mol. The summed E-state index contributed by atoms with van der Waals surface area (Å²) in [6, 6.07) is 0.188. The van der Waals surface area contributed by atoms with Gasteiger partial charge in [0.1, 0.15) is 0 Å². The Balaban J connectivity index is 2.17. The van der Waals surface area contributed by atoms with Gasteiger partial charge >= 0.3 is 0 Å². The fraction of sp³-hybridized carbons (Fsp3) is 0.600. The zero-order valence-electron chi connectivity index (χ0n) is 13.0. The van der Waals surface area contributed by atoms with Gasteiger partial charge in [0.25, 0.3) is 0 Å². The third kappa shape index (κ3) is 3.74. The van der Waals surface area contributed by atoms with E-state index in [1.807, 2.05) is 6.33 Å². The van der Waals surface area contributed by atoms with E-state index in [0.29, 0.717) is 0 Å². The molecule has 1 atom stereocenters. The van der Waals surface area contributed by atoms with Crippen molar-refractivity contribution in [1.29, 1.82) is 0 Å². The van der Waals surface area contributed by atoms with Crippen molar-refractivity contribution in [3.8, 4) is 0 Å². The van der Waals surface area contributed by atoms with Crippen molar-refractivity contribution >= 4 is 15.9 Å². The first-order chi connectivity index (χ1) is 10.1. The highest BCUT2D eigenvalue weighted by molar-refractivity contribution is 9.10. The first-order valence-corrected chi connectivity index (χ1v) is 8.38. The predicted molar refractivity (Wildman–Crippen MR) is 88.3 cm³/mol. The van der Waals surface area contributed by atoms with E-state index >= 15 is 0 Å². The van der Waals surface area contributed by atoms with Gasteiger partial charge in [-0.1, -0.05) is 13.8 Å². The van der Waals surface area contributed by atoms with E-state index in [-0.39, 0.29) is 6.04 Å². The van der Waals surface area contributed by atoms with Gasteiger partial charge in [0.05, 0.1) is 34.4 Å². The average Bonchev–Trinajstić information content (AvgIpc) is 3.05. The maximum absolute atomic E-state index is 5.99. The highest BCUT2D eigenvalue weighted by Crippen LogP contribution is 2.23. The second kappa shape index (κ2) is 7.22. The number of rotatable bonds is 7. The number of aromatic nitrogens is 4. The van der Waals surface area contributed by atoms with Crippen LogP contribution in [0.15, 0.2) is 17.0 Å². The minimum Gasteiger partial charge on any atom is -0.331 e. The molecule has 116 valence electrons. The summed E-state index contributed by atoms with van der Waals surface area (Å²) in [6.07, 6.45) is 6.70. The van der Waals surface area contributed by atoms with Gasteiger partial charge in [-0.3, -0.25) is 4.68 Å². The zero-order valence-corrected chi connectivity index (χ0v) is 14.6. The van der Waals surface area contributed by atoms with Gasteiger partial charge in [0.2, 0.25) is 0 Å². The summed E-state index contributed by atoms with van der Waals surface area (Å²) in [4.78, 5) is 4.45. The third-order valence-corrected chi connectivity index (χ3v) is 4.62. The Morgan fingerprint density at radius 1 is 1.33 bits per heavy atom. The fourth-order valence-electron chi connectivity index (χ4n) is 2.35. The van der Waals surface area contributed by atoms with Gasteiger partial charge in [-0.15, -0.1) is 0 Å². The summed E-state index contributed by atoms with van der Waals surface area (Å²) in [5, 5.41) is 4.63. The first kappa shape index (κ1) is 16.2. The summed E-state index contributed by atoms with van der Waals surface area (Å²) in [7, 11) is 0. The molecule has 0 bridgehead atoms. The van der Waals surface area contributed by atoms with Gasteiger partial charge in [0, 0.05) is 25.2 Å². The highest BCUT2D eigenvalue weighted by Gasteiger charge is 2.14. The van der Waals surface area contributed by atoms with Gasteiger partial charge in [-0.05, 0) is 35.7 Å². The number of aryl methyl sites for hydroxylation is 2. The van der Waals surface area contributed by atoms with Crippen molar-refractivity contribution in [3.63, 3.8) is 0 Å². The van der Waals surface area contributed by atoms with Crippen molar-refractivity contribution in [3.05, 3.63) is 34.1 Å². The Labute approximate surface area is 134 Å². The smallest absolute Gasteiger partial charge is 0.0953 e. The van der Waals surface area contributed by atoms with E-state index in [1.165, 1.54) is 5.69 Å². The molecule has 0 aliphatic carbocycles. The van der Waals surface area contributed by atoms with Crippen LogP contribution in [0.3, 0.4) is 0 Å². The minimum atomic E-state index is 0.188. The van der Waals surface area contributed by atoms with Crippen LogP contribution in [0.2, 0.25) is 0 Å². The number of nitrogens with two attached hydrogens (primary N) is 1. The maximum atomic E-state index is 5.99. The van der Waals surface area contributed by atoms with Crippen LogP contribution in [-0.4, -0.2) is 25.4 Å². The Kier molecular flexibility index (Phi) is 5.58. The minimum absolute atomic E-state index is 0.188. The number of nitrogens with zero attached hydrogens (tertiary/aromatic N) is 4. The molecule has 2 rings (SSSR count). The van der Waals surface area contributed by atoms with Crippen LogP contribution in [0.1, 0.15) is 44.3 Å². The topological polar surface area (TPSA) is 61.7 Å². The maximum Gasteiger partial charge on any atom is 0.0953 e. The van der Waals surface area contributed by atoms with Crippen molar-refractivity contribution in [2.24, 2.45) is 5.73 Å². The molecule has 0 aliphatic heterocycles. The molecule has 0 fully saturated rings. The predicted octanol–water partition coefficient (Wildman–Crippen LogP) is 2.75. The molecule has 0 spiro atoms. The van der Waals surface area contributed by atoms with Crippen LogP contribution in [0.5, 0.6) is 0 Å². The summed E-state index contributed by atoms with van der Waals surface area (Å²) in [5.41, 5.74) is 9.35. The molecule has 0 aromatic carbocycles. The Bertz CT molecular complexity index is 587. The number of hydrogen-bond donors (Lipinski definition) is 1. The van der Waals surface area contributed by atoms with E-state index in [9.17, 15) is 0 Å². The SMILES string of the molecule is CCc1nn(CC)c(Cn2cnc(CC(N)CC)c2)c1Br. The van der Waals surface area contributed by atoms with Gasteiger partial charge in [-0.25, -0.2) is 4.98 Å². The van der Waals surface area contributed by atoms with Crippen LogP contribution >= 0.6 is 15.9 Å². The van der Waals surface area contributed by atoms with Crippen molar-refractivity contribution in [2.75, 3.05) is 0 Å². The molecule has 1 unspecified atom stereocenters. The Morgan fingerprint density at radius 3 is 2.71 bits per heavy atom. The second-order valence-electron chi connectivity index (χ2n) is 5.29. The lowest BCUT2D eigenvalue weighted by Crippen LogP contribution is -2.21. The van der Waals surface area contributed by atoms with E-state index in [0.717, 1.165) is 48.2 Å². The molecular weight excluding hydrogens is 330 g/mol. The summed E-state index contributed by atoms with van der Waals surface area (Å²) in [5.74, 6) is 0. The van der Waals surface area contributed by atoms with Crippen LogP contribution in [0.4, 0.5) is 0 Å². The van der Waals surface area contributed by atoms with E-state index in [4.69, 9.17) is 5.73 Å². The molecule has 0 radical (unpaired) electrons. The monoisotopic (exact) mass is 353 g/mol. The zero-order chi connectivity index (χ0) is 15.4. The van der Waals surface area contributed by atoms with Gasteiger partial charge in [-0.2, -0.15) is 5.10 Å². The molecule has 5 nitrogen and oxygen atoms in total. The lowest BCUT2D eigenvalue weighted by molar-refractivity contribution is 0.593. The van der Waals surface area contributed by atoms with E-state index in [2.05, 4.69) is 62.2 Å². The number of hydrogen-bond acceptors (Lipinski definition) is 3. The number of halogens is 1. The third-order valence-electron chi connectivity index (χ3n) is 3.71. The largest absolute Gasteiger partial charge is 0.331 e. The van der Waals surface area contributed by atoms with Crippen molar-refractivity contribution in [1.82, 2.24) is 19.3 Å². The van der Waals surface area contributed by atoms with Crippen LogP contribution < -0.4 is 5.73 Å². The van der Waals surface area contributed by atoms with Crippen LogP contribution in [0, 0.1) is 0 Å². The molecule has 0 saturated heterocycles. The lowest BCUT2D eigenvalue weighted by atomic mass is 10.1. The lowest BCUT2D eigenvalue weighted by Gasteiger charge is -2.07. The molecular formula is C15H24BrN5. The molecule has 0 amide bonds. The molecule has 2 aromatic rings. The quantitative estimate of drug-likeness (QED) is 0.832. The molecule has 2 heterocycles. The van der Waals surface area contributed by atoms with E-state index < -0.39 is 0 Å².